The predicted molar refractivity (Wildman–Crippen MR) is 101 cm³/mol. The summed E-state index contributed by atoms with van der Waals surface area (Å²) in [5, 5.41) is 21.2. The molecular weight excluding hydrogens is 338 g/mol. The number of rotatable bonds is 5. The molecule has 0 unspecified atom stereocenters. The molecule has 6 heteroatoms. The highest BCUT2D eigenvalue weighted by Gasteiger charge is 2.47. The molecule has 0 saturated heterocycles. The Labute approximate surface area is 159 Å². The highest BCUT2D eigenvalue weighted by molar-refractivity contribution is 5.94. The number of nitrogens with one attached hydrogen (secondary N) is 1. The van der Waals surface area contributed by atoms with Gasteiger partial charge >= 0.3 is 0 Å². The molecule has 0 bridgehead atoms. The molecule has 2 fully saturated rings. The van der Waals surface area contributed by atoms with Gasteiger partial charge in [0.1, 0.15) is 5.69 Å². The van der Waals surface area contributed by atoms with Gasteiger partial charge in [-0.15, -0.1) is 5.10 Å². The third kappa shape index (κ3) is 3.59. The molecule has 1 amide bonds. The van der Waals surface area contributed by atoms with E-state index >= 15 is 0 Å². The number of amides is 1. The molecule has 1 atom stereocenters. The standard InChI is InChI=1S/C21H25N5O/c1-15-6-5-9-17(12-15)20(27)23-19(16-7-3-2-4-8-16)18-13-26(25-24-18)21(14-22)10-11-21/h5-6,9,12-13,16,19H,2-4,7-8,10-11H2,1H3,(H,23,27)/t19-/m0/s1. The van der Waals surface area contributed by atoms with Crippen LogP contribution in [0, 0.1) is 24.2 Å². The van der Waals surface area contributed by atoms with Gasteiger partial charge in [0.15, 0.2) is 5.54 Å². The van der Waals surface area contributed by atoms with Crippen molar-refractivity contribution >= 4 is 5.91 Å². The van der Waals surface area contributed by atoms with Crippen molar-refractivity contribution in [2.24, 2.45) is 5.92 Å². The smallest absolute Gasteiger partial charge is 0.251 e. The average molecular weight is 363 g/mol. The molecule has 0 aliphatic heterocycles. The van der Waals surface area contributed by atoms with Crippen molar-refractivity contribution in [2.45, 2.75) is 63.5 Å². The summed E-state index contributed by atoms with van der Waals surface area (Å²) >= 11 is 0. The van der Waals surface area contributed by atoms with Crippen LogP contribution >= 0.6 is 0 Å². The summed E-state index contributed by atoms with van der Waals surface area (Å²) in [4.78, 5) is 12.9. The molecule has 4 rings (SSSR count). The molecular formula is C21H25N5O. The fraction of sp³-hybridized carbons (Fsp3) is 0.524. The maximum atomic E-state index is 12.9. The lowest BCUT2D eigenvalue weighted by molar-refractivity contribution is 0.0910. The number of nitriles is 1. The van der Waals surface area contributed by atoms with Gasteiger partial charge in [-0.2, -0.15) is 5.26 Å². The molecule has 2 aliphatic rings. The van der Waals surface area contributed by atoms with E-state index < -0.39 is 5.54 Å². The third-order valence-electron chi connectivity index (χ3n) is 5.89. The van der Waals surface area contributed by atoms with Gasteiger partial charge in [0.2, 0.25) is 0 Å². The zero-order chi connectivity index (χ0) is 18.9. The monoisotopic (exact) mass is 363 g/mol. The molecule has 27 heavy (non-hydrogen) atoms. The van der Waals surface area contributed by atoms with E-state index in [0.29, 0.717) is 11.5 Å². The van der Waals surface area contributed by atoms with Gasteiger partial charge in [-0.05, 0) is 50.7 Å². The van der Waals surface area contributed by atoms with Gasteiger partial charge in [0.05, 0.1) is 18.3 Å². The van der Waals surface area contributed by atoms with E-state index in [1.807, 2.05) is 37.4 Å². The van der Waals surface area contributed by atoms with Crippen molar-refractivity contribution in [3.05, 3.63) is 47.3 Å². The van der Waals surface area contributed by atoms with E-state index in [1.165, 1.54) is 19.3 Å². The lowest BCUT2D eigenvalue weighted by atomic mass is 9.82. The fourth-order valence-corrected chi connectivity index (χ4v) is 4.05. The summed E-state index contributed by atoms with van der Waals surface area (Å²) in [6.07, 6.45) is 9.26. The minimum absolute atomic E-state index is 0.0785. The summed E-state index contributed by atoms with van der Waals surface area (Å²) in [7, 11) is 0. The Bertz CT molecular complexity index is 871. The number of benzene rings is 1. The Kier molecular flexibility index (Phi) is 4.69. The van der Waals surface area contributed by atoms with Crippen molar-refractivity contribution in [3.8, 4) is 6.07 Å². The van der Waals surface area contributed by atoms with Crippen LogP contribution in [-0.4, -0.2) is 20.9 Å². The van der Waals surface area contributed by atoms with Crippen molar-refractivity contribution in [2.75, 3.05) is 0 Å². The highest BCUT2D eigenvalue weighted by atomic mass is 16.1. The minimum atomic E-state index is -0.525. The lowest BCUT2D eigenvalue weighted by Crippen LogP contribution is -2.34. The number of aryl methyl sites for hydroxylation is 1. The summed E-state index contributed by atoms with van der Waals surface area (Å²) in [5.74, 6) is 0.278. The molecule has 1 N–H and O–H groups in total. The number of aromatic nitrogens is 3. The maximum absolute atomic E-state index is 12.9. The number of carbonyl (C=O) groups excluding carboxylic acids is 1. The quantitative estimate of drug-likeness (QED) is 0.879. The molecule has 2 saturated carbocycles. The van der Waals surface area contributed by atoms with E-state index in [2.05, 4.69) is 21.7 Å². The van der Waals surface area contributed by atoms with Gasteiger partial charge in [0, 0.05) is 5.56 Å². The van der Waals surface area contributed by atoms with Crippen molar-refractivity contribution in [1.82, 2.24) is 20.3 Å². The van der Waals surface area contributed by atoms with Gasteiger partial charge < -0.3 is 5.32 Å². The number of carbonyl (C=O) groups is 1. The first-order valence-electron chi connectivity index (χ1n) is 9.83. The molecule has 140 valence electrons. The molecule has 2 aliphatic carbocycles. The van der Waals surface area contributed by atoms with Crippen LogP contribution in [0.2, 0.25) is 0 Å². The second-order valence-corrected chi connectivity index (χ2v) is 7.95. The minimum Gasteiger partial charge on any atom is -0.343 e. The Balaban J connectivity index is 1.59. The van der Waals surface area contributed by atoms with E-state index in [-0.39, 0.29) is 11.9 Å². The molecule has 1 heterocycles. The average Bonchev–Trinajstić information content (AvgIpc) is 3.35. The molecule has 1 aromatic carbocycles. The Morgan fingerprint density at radius 3 is 2.78 bits per heavy atom. The van der Waals surface area contributed by atoms with Crippen molar-refractivity contribution in [1.29, 1.82) is 5.26 Å². The van der Waals surface area contributed by atoms with Crippen LogP contribution in [0.25, 0.3) is 0 Å². The van der Waals surface area contributed by atoms with Crippen molar-refractivity contribution in [3.63, 3.8) is 0 Å². The SMILES string of the molecule is Cc1cccc(C(=O)N[C@H](c2cn(C3(C#N)CC3)nn2)C2CCCCC2)c1. The fourth-order valence-electron chi connectivity index (χ4n) is 4.05. The van der Waals surface area contributed by atoms with Crippen LogP contribution in [0.3, 0.4) is 0 Å². The van der Waals surface area contributed by atoms with Gasteiger partial charge in [-0.25, -0.2) is 4.68 Å². The molecule has 1 aromatic heterocycles. The van der Waals surface area contributed by atoms with Gasteiger partial charge in [0.25, 0.3) is 5.91 Å². The highest BCUT2D eigenvalue weighted by Crippen LogP contribution is 2.42. The first kappa shape index (κ1) is 17.7. The Morgan fingerprint density at radius 2 is 2.11 bits per heavy atom. The van der Waals surface area contributed by atoms with Gasteiger partial charge in [-0.1, -0.05) is 42.2 Å². The van der Waals surface area contributed by atoms with E-state index in [4.69, 9.17) is 0 Å². The van der Waals surface area contributed by atoms with E-state index in [1.54, 1.807) is 4.68 Å². The predicted octanol–water partition coefficient (Wildman–Crippen LogP) is 3.65. The van der Waals surface area contributed by atoms with Crippen LogP contribution in [0.15, 0.2) is 30.5 Å². The molecule has 0 radical (unpaired) electrons. The van der Waals surface area contributed by atoms with E-state index in [0.717, 1.165) is 36.9 Å². The Hall–Kier alpha value is -2.68. The number of hydrogen-bond donors (Lipinski definition) is 1. The summed E-state index contributed by atoms with van der Waals surface area (Å²) in [6, 6.07) is 9.81. The summed E-state index contributed by atoms with van der Waals surface area (Å²) < 4.78 is 1.69. The number of hydrogen-bond acceptors (Lipinski definition) is 4. The second-order valence-electron chi connectivity index (χ2n) is 7.95. The zero-order valence-electron chi connectivity index (χ0n) is 15.7. The molecule has 0 spiro atoms. The largest absolute Gasteiger partial charge is 0.343 e. The molecule has 6 nitrogen and oxygen atoms in total. The van der Waals surface area contributed by atoms with Crippen LogP contribution in [-0.2, 0) is 5.54 Å². The van der Waals surface area contributed by atoms with Crippen LogP contribution in [0.5, 0.6) is 0 Å². The van der Waals surface area contributed by atoms with Crippen LogP contribution in [0.1, 0.15) is 72.6 Å². The number of nitrogens with zero attached hydrogens (tertiary/aromatic N) is 4. The van der Waals surface area contributed by atoms with Gasteiger partial charge in [-0.3, -0.25) is 4.79 Å². The normalized spacial score (nSPS) is 19.9. The van der Waals surface area contributed by atoms with E-state index in [9.17, 15) is 10.1 Å². The van der Waals surface area contributed by atoms with Crippen LogP contribution < -0.4 is 5.32 Å². The lowest BCUT2D eigenvalue weighted by Gasteiger charge is -2.29. The topological polar surface area (TPSA) is 83.6 Å². The first-order valence-corrected chi connectivity index (χ1v) is 9.83. The Morgan fingerprint density at radius 1 is 1.33 bits per heavy atom. The van der Waals surface area contributed by atoms with Crippen molar-refractivity contribution < 1.29 is 4.79 Å². The second kappa shape index (κ2) is 7.15. The first-order chi connectivity index (χ1) is 13.1. The maximum Gasteiger partial charge on any atom is 0.251 e. The third-order valence-corrected chi connectivity index (χ3v) is 5.89. The molecule has 2 aromatic rings. The van der Waals surface area contributed by atoms with Crippen LogP contribution in [0.4, 0.5) is 0 Å². The summed E-state index contributed by atoms with van der Waals surface area (Å²) in [5.41, 5.74) is 1.97. The zero-order valence-corrected chi connectivity index (χ0v) is 15.7. The summed E-state index contributed by atoms with van der Waals surface area (Å²) in [6.45, 7) is 1.98.